The maximum absolute atomic E-state index is 12.3. The van der Waals surface area contributed by atoms with Crippen LogP contribution >= 0.6 is 0 Å². The van der Waals surface area contributed by atoms with Crippen molar-refractivity contribution in [1.29, 1.82) is 0 Å². The van der Waals surface area contributed by atoms with Crippen LogP contribution in [-0.2, 0) is 9.53 Å². The molecule has 0 saturated carbocycles. The number of likely N-dealkylation sites (N-methyl/N-ethyl adjacent to an activating group) is 1. The Morgan fingerprint density at radius 1 is 1.38 bits per heavy atom. The number of nitrogens with one attached hydrogen (secondary N) is 1. The van der Waals surface area contributed by atoms with Gasteiger partial charge in [-0.05, 0) is 25.8 Å². The molecule has 2 fully saturated rings. The Balaban J connectivity index is 1.87. The number of hydrogen-bond donors (Lipinski definition) is 2. The molecule has 2 amide bonds. The first-order valence-electron chi connectivity index (χ1n) is 7.56. The lowest BCUT2D eigenvalue weighted by atomic mass is 9.91. The van der Waals surface area contributed by atoms with E-state index in [0.29, 0.717) is 19.7 Å². The maximum atomic E-state index is 12.3. The Morgan fingerprint density at radius 3 is 2.81 bits per heavy atom. The average molecular weight is 299 g/mol. The highest BCUT2D eigenvalue weighted by atomic mass is 16.5. The molecule has 2 aliphatic heterocycles. The van der Waals surface area contributed by atoms with E-state index in [9.17, 15) is 14.7 Å². The van der Waals surface area contributed by atoms with Crippen molar-refractivity contribution in [1.82, 2.24) is 15.1 Å². The van der Waals surface area contributed by atoms with E-state index < -0.39 is 12.0 Å². The summed E-state index contributed by atoms with van der Waals surface area (Å²) in [5.41, 5.74) is 0. The molecule has 3 unspecified atom stereocenters. The second kappa shape index (κ2) is 7.09. The number of nitrogens with zero attached hydrogens (tertiary/aromatic N) is 2. The minimum absolute atomic E-state index is 0.0148. The van der Waals surface area contributed by atoms with Gasteiger partial charge in [0.15, 0.2) is 0 Å². The van der Waals surface area contributed by atoms with Crippen molar-refractivity contribution in [3.8, 4) is 0 Å². The number of urea groups is 1. The van der Waals surface area contributed by atoms with Gasteiger partial charge in [0.2, 0.25) is 0 Å². The minimum atomic E-state index is -0.925. The van der Waals surface area contributed by atoms with Crippen molar-refractivity contribution in [3.63, 3.8) is 0 Å². The van der Waals surface area contributed by atoms with Crippen LogP contribution in [0.3, 0.4) is 0 Å². The summed E-state index contributed by atoms with van der Waals surface area (Å²) in [6.45, 7) is 5.14. The molecule has 0 aromatic rings. The van der Waals surface area contributed by atoms with Gasteiger partial charge in [-0.15, -0.1) is 0 Å². The van der Waals surface area contributed by atoms with Gasteiger partial charge in [0, 0.05) is 26.2 Å². The van der Waals surface area contributed by atoms with E-state index in [1.807, 2.05) is 14.0 Å². The van der Waals surface area contributed by atoms with Gasteiger partial charge in [0.25, 0.3) is 0 Å². The van der Waals surface area contributed by atoms with E-state index in [2.05, 4.69) is 10.2 Å². The van der Waals surface area contributed by atoms with Gasteiger partial charge in [0.05, 0.1) is 12.7 Å². The van der Waals surface area contributed by atoms with Gasteiger partial charge < -0.3 is 25.0 Å². The lowest BCUT2D eigenvalue weighted by molar-refractivity contribution is -0.145. The van der Waals surface area contributed by atoms with Gasteiger partial charge in [-0.3, -0.25) is 0 Å². The smallest absolute Gasteiger partial charge is 0.326 e. The summed E-state index contributed by atoms with van der Waals surface area (Å²) in [5, 5.41) is 12.1. The van der Waals surface area contributed by atoms with E-state index in [4.69, 9.17) is 4.74 Å². The molecule has 3 atom stereocenters. The Bertz CT molecular complexity index is 390. The van der Waals surface area contributed by atoms with Crippen molar-refractivity contribution in [2.24, 2.45) is 5.92 Å². The summed E-state index contributed by atoms with van der Waals surface area (Å²) in [6.07, 6.45) is 1.66. The summed E-state index contributed by atoms with van der Waals surface area (Å²) < 4.78 is 5.59. The van der Waals surface area contributed by atoms with E-state index in [1.165, 1.54) is 4.90 Å². The van der Waals surface area contributed by atoms with Crippen LogP contribution in [0.5, 0.6) is 0 Å². The molecule has 2 heterocycles. The second-order valence-corrected chi connectivity index (χ2v) is 6.04. The zero-order chi connectivity index (χ0) is 15.4. The van der Waals surface area contributed by atoms with E-state index in [1.54, 1.807) is 0 Å². The number of carbonyl (C=O) groups is 2. The van der Waals surface area contributed by atoms with Crippen molar-refractivity contribution in [2.75, 3.05) is 39.8 Å². The minimum Gasteiger partial charge on any atom is -0.480 e. The lowest BCUT2D eigenvalue weighted by Gasteiger charge is -2.37. The molecule has 7 nitrogen and oxygen atoms in total. The Kier molecular flexibility index (Phi) is 5.41. The molecule has 7 heteroatoms. The number of hydrogen-bond acceptors (Lipinski definition) is 4. The second-order valence-electron chi connectivity index (χ2n) is 6.04. The lowest BCUT2D eigenvalue weighted by Crippen LogP contribution is -2.56. The van der Waals surface area contributed by atoms with E-state index in [0.717, 1.165) is 25.9 Å². The van der Waals surface area contributed by atoms with Crippen molar-refractivity contribution in [2.45, 2.75) is 31.9 Å². The number of piperidine rings is 1. The summed E-state index contributed by atoms with van der Waals surface area (Å²) in [7, 11) is 2.02. The number of amides is 2. The molecule has 2 saturated heterocycles. The van der Waals surface area contributed by atoms with Crippen LogP contribution < -0.4 is 5.32 Å². The predicted molar refractivity (Wildman–Crippen MR) is 77.2 cm³/mol. The molecule has 0 radical (unpaired) electrons. The molecule has 0 spiro atoms. The maximum Gasteiger partial charge on any atom is 0.326 e. The first-order chi connectivity index (χ1) is 9.99. The average Bonchev–Trinajstić information content (AvgIpc) is 2.44. The van der Waals surface area contributed by atoms with Crippen molar-refractivity contribution in [3.05, 3.63) is 0 Å². The third kappa shape index (κ3) is 4.07. The largest absolute Gasteiger partial charge is 0.480 e. The highest BCUT2D eigenvalue weighted by Crippen LogP contribution is 2.23. The number of aliphatic carboxylic acids is 1. The van der Waals surface area contributed by atoms with E-state index in [-0.39, 0.29) is 18.1 Å². The van der Waals surface area contributed by atoms with Crippen LogP contribution in [0.25, 0.3) is 0 Å². The highest BCUT2D eigenvalue weighted by Gasteiger charge is 2.37. The molecule has 2 rings (SSSR count). The van der Waals surface area contributed by atoms with Gasteiger partial charge in [-0.1, -0.05) is 6.92 Å². The van der Waals surface area contributed by atoms with E-state index >= 15 is 0 Å². The number of carboxylic acids is 1. The standard InChI is InChI=1S/C14H25N3O4/c1-10-4-3-5-17(12(10)13(18)19)14(20)15-8-11-9-16(2)6-7-21-11/h10-12H,3-9H2,1-2H3,(H,15,20)(H,18,19). The summed E-state index contributed by atoms with van der Waals surface area (Å²) in [5.74, 6) is -0.940. The van der Waals surface area contributed by atoms with Gasteiger partial charge >= 0.3 is 12.0 Å². The van der Waals surface area contributed by atoms with Gasteiger partial charge in [0.1, 0.15) is 6.04 Å². The first-order valence-corrected chi connectivity index (χ1v) is 7.56. The molecule has 0 aliphatic carbocycles. The molecule has 2 N–H and O–H groups in total. The molecule has 0 aromatic heterocycles. The molecular weight excluding hydrogens is 274 g/mol. The third-order valence-corrected chi connectivity index (χ3v) is 4.27. The highest BCUT2D eigenvalue weighted by molar-refractivity contribution is 5.83. The summed E-state index contributed by atoms with van der Waals surface area (Å²) >= 11 is 0. The number of carbonyl (C=O) groups excluding carboxylic acids is 1. The first kappa shape index (κ1) is 16.0. The van der Waals surface area contributed by atoms with Crippen LogP contribution in [0.15, 0.2) is 0 Å². The normalized spacial score (nSPS) is 31.0. The molecule has 0 bridgehead atoms. The predicted octanol–water partition coefficient (Wildman–Crippen LogP) is 0.212. The topological polar surface area (TPSA) is 82.1 Å². The number of likely N-dealkylation sites (tertiary alicyclic amines) is 1. The SMILES string of the molecule is CC1CCCN(C(=O)NCC2CN(C)CCO2)C1C(=O)O. The molecule has 2 aliphatic rings. The van der Waals surface area contributed by atoms with Crippen LogP contribution in [0.4, 0.5) is 4.79 Å². The molecule has 0 aromatic carbocycles. The monoisotopic (exact) mass is 299 g/mol. The Labute approximate surface area is 125 Å². The van der Waals surface area contributed by atoms with Gasteiger partial charge in [-0.25, -0.2) is 9.59 Å². The van der Waals surface area contributed by atoms with Crippen molar-refractivity contribution < 1.29 is 19.4 Å². The number of carboxylic acid groups (broad SMARTS) is 1. The summed E-state index contributed by atoms with van der Waals surface area (Å²) in [6, 6.07) is -1.03. The zero-order valence-corrected chi connectivity index (χ0v) is 12.7. The van der Waals surface area contributed by atoms with Crippen LogP contribution in [0.1, 0.15) is 19.8 Å². The fourth-order valence-corrected chi connectivity index (χ4v) is 3.09. The van der Waals surface area contributed by atoms with Crippen LogP contribution in [0.2, 0.25) is 0 Å². The van der Waals surface area contributed by atoms with Crippen LogP contribution in [0, 0.1) is 5.92 Å². The molecule has 21 heavy (non-hydrogen) atoms. The zero-order valence-electron chi connectivity index (χ0n) is 12.7. The molecular formula is C14H25N3O4. The fraction of sp³-hybridized carbons (Fsp3) is 0.857. The Morgan fingerprint density at radius 2 is 2.14 bits per heavy atom. The number of morpholine rings is 1. The van der Waals surface area contributed by atoms with Gasteiger partial charge in [-0.2, -0.15) is 0 Å². The Hall–Kier alpha value is -1.34. The number of rotatable bonds is 3. The number of ether oxygens (including phenoxy) is 1. The quantitative estimate of drug-likeness (QED) is 0.778. The third-order valence-electron chi connectivity index (χ3n) is 4.27. The summed E-state index contributed by atoms with van der Waals surface area (Å²) in [4.78, 5) is 27.2. The fourth-order valence-electron chi connectivity index (χ4n) is 3.09. The van der Waals surface area contributed by atoms with Crippen molar-refractivity contribution >= 4 is 12.0 Å². The van der Waals surface area contributed by atoms with Crippen LogP contribution in [-0.4, -0.2) is 78.9 Å². The molecule has 120 valence electrons.